The Morgan fingerprint density at radius 3 is 2.57 bits per heavy atom. The molecule has 0 aliphatic rings. The van der Waals surface area contributed by atoms with Crippen LogP contribution in [-0.2, 0) is 6.54 Å². The minimum Gasteiger partial charge on any atom is -0.504 e. The van der Waals surface area contributed by atoms with Gasteiger partial charge >= 0.3 is 0 Å². The van der Waals surface area contributed by atoms with E-state index < -0.39 is 0 Å². The van der Waals surface area contributed by atoms with Gasteiger partial charge in [0, 0.05) is 17.6 Å². The van der Waals surface area contributed by atoms with Crippen LogP contribution in [0.2, 0.25) is 5.02 Å². The predicted octanol–water partition coefficient (Wildman–Crippen LogP) is 4.30. The molecule has 4 heteroatoms. The number of nitrogens with one attached hydrogen (secondary N) is 1. The van der Waals surface area contributed by atoms with Gasteiger partial charge in [-0.25, -0.2) is 0 Å². The highest BCUT2D eigenvalue weighted by Crippen LogP contribution is 2.27. The first-order chi connectivity index (χ1) is 10.1. The Balaban J connectivity index is 1.99. The summed E-state index contributed by atoms with van der Waals surface area (Å²) in [6.07, 6.45) is 0. The van der Waals surface area contributed by atoms with E-state index >= 15 is 0 Å². The molecule has 0 radical (unpaired) electrons. The fourth-order valence-electron chi connectivity index (χ4n) is 2.08. The van der Waals surface area contributed by atoms with E-state index in [1.807, 2.05) is 43.3 Å². The standard InChI is InChI=1S/C17H20ClNO2/c1-3-21-17-10-13(4-9-16(17)20)11-19-12(2)14-5-7-15(18)8-6-14/h4-10,12,19-20H,3,11H2,1-2H3. The van der Waals surface area contributed by atoms with Crippen molar-refractivity contribution in [1.29, 1.82) is 0 Å². The molecule has 112 valence electrons. The molecule has 0 saturated heterocycles. The van der Waals surface area contributed by atoms with Crippen LogP contribution in [0.5, 0.6) is 11.5 Å². The summed E-state index contributed by atoms with van der Waals surface area (Å²) in [5.74, 6) is 0.697. The smallest absolute Gasteiger partial charge is 0.161 e. The molecule has 2 aromatic rings. The van der Waals surface area contributed by atoms with Crippen molar-refractivity contribution >= 4 is 11.6 Å². The molecule has 0 saturated carbocycles. The minimum atomic E-state index is 0.173. The monoisotopic (exact) mass is 305 g/mol. The maximum Gasteiger partial charge on any atom is 0.161 e. The number of ether oxygens (including phenoxy) is 1. The second-order valence-electron chi connectivity index (χ2n) is 4.89. The molecule has 0 aromatic heterocycles. The number of aromatic hydroxyl groups is 1. The SMILES string of the molecule is CCOc1cc(CNC(C)c2ccc(Cl)cc2)ccc1O. The summed E-state index contributed by atoms with van der Waals surface area (Å²) in [5, 5.41) is 13.9. The summed E-state index contributed by atoms with van der Waals surface area (Å²) in [4.78, 5) is 0. The molecule has 0 aliphatic heterocycles. The molecule has 0 bridgehead atoms. The average molecular weight is 306 g/mol. The maximum atomic E-state index is 9.69. The molecule has 0 spiro atoms. The third kappa shape index (κ3) is 4.38. The van der Waals surface area contributed by atoms with Crippen molar-refractivity contribution in [1.82, 2.24) is 5.32 Å². The van der Waals surface area contributed by atoms with Gasteiger partial charge in [0.15, 0.2) is 11.5 Å². The minimum absolute atomic E-state index is 0.173. The normalized spacial score (nSPS) is 12.1. The van der Waals surface area contributed by atoms with Crippen LogP contribution in [0.3, 0.4) is 0 Å². The van der Waals surface area contributed by atoms with Gasteiger partial charge in [-0.2, -0.15) is 0 Å². The molecule has 0 heterocycles. The van der Waals surface area contributed by atoms with Crippen molar-refractivity contribution in [3.05, 3.63) is 58.6 Å². The van der Waals surface area contributed by atoms with Crippen molar-refractivity contribution in [3.8, 4) is 11.5 Å². The molecule has 0 aliphatic carbocycles. The zero-order chi connectivity index (χ0) is 15.2. The zero-order valence-corrected chi connectivity index (χ0v) is 13.0. The number of phenols is 1. The zero-order valence-electron chi connectivity index (χ0n) is 12.3. The quantitative estimate of drug-likeness (QED) is 0.836. The highest BCUT2D eigenvalue weighted by atomic mass is 35.5. The summed E-state index contributed by atoms with van der Waals surface area (Å²) in [6.45, 7) is 5.23. The molecular weight excluding hydrogens is 286 g/mol. The van der Waals surface area contributed by atoms with Crippen molar-refractivity contribution < 1.29 is 9.84 Å². The van der Waals surface area contributed by atoms with Crippen molar-refractivity contribution in [2.75, 3.05) is 6.61 Å². The maximum absolute atomic E-state index is 9.69. The van der Waals surface area contributed by atoms with Gasteiger partial charge in [0.25, 0.3) is 0 Å². The molecule has 0 amide bonds. The van der Waals surface area contributed by atoms with Crippen LogP contribution < -0.4 is 10.1 Å². The Morgan fingerprint density at radius 2 is 1.90 bits per heavy atom. The van der Waals surface area contributed by atoms with Crippen LogP contribution in [-0.4, -0.2) is 11.7 Å². The van der Waals surface area contributed by atoms with Crippen LogP contribution in [0.25, 0.3) is 0 Å². The third-order valence-corrected chi connectivity index (χ3v) is 3.56. The molecule has 1 unspecified atom stereocenters. The second kappa shape index (κ2) is 7.34. The lowest BCUT2D eigenvalue weighted by Crippen LogP contribution is -2.18. The Hall–Kier alpha value is -1.71. The van der Waals surface area contributed by atoms with Crippen LogP contribution in [0, 0.1) is 0 Å². The summed E-state index contributed by atoms with van der Waals surface area (Å²) in [5.41, 5.74) is 2.25. The summed E-state index contributed by atoms with van der Waals surface area (Å²) in [7, 11) is 0. The predicted molar refractivity (Wildman–Crippen MR) is 86.0 cm³/mol. The molecule has 21 heavy (non-hydrogen) atoms. The first kappa shape index (κ1) is 15.7. The molecule has 2 N–H and O–H groups in total. The van der Waals surface area contributed by atoms with Crippen molar-refractivity contribution in [2.24, 2.45) is 0 Å². The lowest BCUT2D eigenvalue weighted by atomic mass is 10.1. The number of halogens is 1. The fourth-order valence-corrected chi connectivity index (χ4v) is 2.21. The number of phenolic OH excluding ortho intramolecular Hbond substituents is 1. The van der Waals surface area contributed by atoms with E-state index in [-0.39, 0.29) is 11.8 Å². The lowest BCUT2D eigenvalue weighted by molar-refractivity contribution is 0.317. The highest BCUT2D eigenvalue weighted by Gasteiger charge is 2.07. The molecule has 0 fully saturated rings. The van der Waals surface area contributed by atoms with E-state index in [4.69, 9.17) is 16.3 Å². The largest absolute Gasteiger partial charge is 0.504 e. The summed E-state index contributed by atoms with van der Waals surface area (Å²) in [6, 6.07) is 13.4. The van der Waals surface area contributed by atoms with Gasteiger partial charge in [0.05, 0.1) is 6.61 Å². The summed E-state index contributed by atoms with van der Waals surface area (Å²) >= 11 is 5.89. The van der Waals surface area contributed by atoms with E-state index in [1.54, 1.807) is 6.07 Å². The molecule has 2 rings (SSSR count). The van der Waals surface area contributed by atoms with Crippen molar-refractivity contribution in [2.45, 2.75) is 26.4 Å². The van der Waals surface area contributed by atoms with Gasteiger partial charge in [-0.15, -0.1) is 0 Å². The first-order valence-electron chi connectivity index (χ1n) is 7.03. The number of hydrogen-bond acceptors (Lipinski definition) is 3. The average Bonchev–Trinajstić information content (AvgIpc) is 2.48. The molecule has 2 aromatic carbocycles. The van der Waals surface area contributed by atoms with E-state index in [1.165, 1.54) is 5.56 Å². The Kier molecular flexibility index (Phi) is 5.48. The van der Waals surface area contributed by atoms with Crippen molar-refractivity contribution in [3.63, 3.8) is 0 Å². The topological polar surface area (TPSA) is 41.5 Å². The first-order valence-corrected chi connectivity index (χ1v) is 7.41. The molecule has 3 nitrogen and oxygen atoms in total. The second-order valence-corrected chi connectivity index (χ2v) is 5.33. The number of benzene rings is 2. The Bertz CT molecular complexity index is 584. The molecule has 1 atom stereocenters. The third-order valence-electron chi connectivity index (χ3n) is 3.31. The van der Waals surface area contributed by atoms with E-state index in [0.29, 0.717) is 18.9 Å². The number of rotatable bonds is 6. The molecular formula is C17H20ClNO2. The van der Waals surface area contributed by atoms with E-state index in [0.717, 1.165) is 10.6 Å². The van der Waals surface area contributed by atoms with Gasteiger partial charge < -0.3 is 15.2 Å². The lowest BCUT2D eigenvalue weighted by Gasteiger charge is -2.15. The van der Waals surface area contributed by atoms with Crippen LogP contribution in [0.4, 0.5) is 0 Å². The highest BCUT2D eigenvalue weighted by molar-refractivity contribution is 6.30. The van der Waals surface area contributed by atoms with Gasteiger partial charge in [0.2, 0.25) is 0 Å². The van der Waals surface area contributed by atoms with Crippen LogP contribution in [0.15, 0.2) is 42.5 Å². The fraction of sp³-hybridized carbons (Fsp3) is 0.294. The van der Waals surface area contributed by atoms with Gasteiger partial charge in [-0.05, 0) is 49.2 Å². The van der Waals surface area contributed by atoms with E-state index in [9.17, 15) is 5.11 Å². The number of hydrogen-bond donors (Lipinski definition) is 2. The van der Waals surface area contributed by atoms with Gasteiger partial charge in [-0.1, -0.05) is 29.8 Å². The Morgan fingerprint density at radius 1 is 1.19 bits per heavy atom. The van der Waals surface area contributed by atoms with Gasteiger partial charge in [-0.3, -0.25) is 0 Å². The summed E-state index contributed by atoms with van der Waals surface area (Å²) < 4.78 is 5.39. The Labute approximate surface area is 130 Å². The van der Waals surface area contributed by atoms with Crippen LogP contribution in [0.1, 0.15) is 31.0 Å². The van der Waals surface area contributed by atoms with Crippen LogP contribution >= 0.6 is 11.6 Å². The van der Waals surface area contributed by atoms with E-state index in [2.05, 4.69) is 12.2 Å². The van der Waals surface area contributed by atoms with Gasteiger partial charge in [0.1, 0.15) is 0 Å².